The molecule has 2 heterocycles. The molecule has 2 aromatic heterocycles. The van der Waals surface area contributed by atoms with Crippen molar-refractivity contribution in [2.24, 2.45) is 0 Å². The highest BCUT2D eigenvalue weighted by Crippen LogP contribution is 2.21. The van der Waals surface area contributed by atoms with Gasteiger partial charge in [-0.15, -0.1) is 0 Å². The van der Waals surface area contributed by atoms with Crippen LogP contribution in [0.3, 0.4) is 0 Å². The Hall–Kier alpha value is -4.14. The van der Waals surface area contributed by atoms with Gasteiger partial charge in [-0.1, -0.05) is 17.3 Å². The molecule has 0 aliphatic heterocycles. The maximum atomic E-state index is 13.1. The summed E-state index contributed by atoms with van der Waals surface area (Å²) in [6, 6.07) is 13.9. The second-order valence-electron chi connectivity index (χ2n) is 6.94. The van der Waals surface area contributed by atoms with Gasteiger partial charge in [-0.2, -0.15) is 10.1 Å². The van der Waals surface area contributed by atoms with E-state index in [1.165, 1.54) is 36.4 Å². The maximum absolute atomic E-state index is 13.1. The van der Waals surface area contributed by atoms with Crippen molar-refractivity contribution in [3.05, 3.63) is 81.9 Å². The van der Waals surface area contributed by atoms with E-state index in [0.29, 0.717) is 11.3 Å². The number of nitrogens with zero attached hydrogens (tertiary/aromatic N) is 4. The van der Waals surface area contributed by atoms with Crippen molar-refractivity contribution in [1.29, 1.82) is 0 Å². The Labute approximate surface area is 176 Å². The van der Waals surface area contributed by atoms with E-state index in [9.17, 15) is 14.0 Å². The number of aromatic nitrogens is 4. The highest BCUT2D eigenvalue weighted by Gasteiger charge is 2.15. The summed E-state index contributed by atoms with van der Waals surface area (Å²) in [4.78, 5) is 28.9. The van der Waals surface area contributed by atoms with Crippen molar-refractivity contribution in [1.82, 2.24) is 19.9 Å². The number of benzene rings is 2. The van der Waals surface area contributed by atoms with Gasteiger partial charge in [0.1, 0.15) is 18.1 Å². The summed E-state index contributed by atoms with van der Waals surface area (Å²) in [5, 5.41) is 10.8. The molecule has 0 bridgehead atoms. The molecule has 0 saturated carbocycles. The van der Waals surface area contributed by atoms with E-state index in [1.54, 1.807) is 6.07 Å². The molecule has 0 radical (unpaired) electrons. The standard InChI is InChI=1S/C22H18FN5O3/c1-13-4-3-5-17(14(13)2)24-19(29)12-28-20(30)11-10-18(26-28)22-25-21(27-31-22)15-6-8-16(23)9-7-15/h3-11H,12H2,1-2H3,(H,24,29). The molecule has 2 aromatic carbocycles. The van der Waals surface area contributed by atoms with Crippen LogP contribution in [0.5, 0.6) is 0 Å². The summed E-state index contributed by atoms with van der Waals surface area (Å²) in [5.41, 5.74) is 3.03. The van der Waals surface area contributed by atoms with Gasteiger partial charge < -0.3 is 9.84 Å². The van der Waals surface area contributed by atoms with Crippen molar-refractivity contribution >= 4 is 11.6 Å². The minimum atomic E-state index is -0.446. The van der Waals surface area contributed by atoms with Crippen LogP contribution in [0, 0.1) is 19.7 Å². The molecule has 8 nitrogen and oxygen atoms in total. The zero-order valence-electron chi connectivity index (χ0n) is 16.8. The number of halogens is 1. The van der Waals surface area contributed by atoms with Gasteiger partial charge in [0.25, 0.3) is 11.4 Å². The molecule has 0 aliphatic carbocycles. The predicted molar refractivity (Wildman–Crippen MR) is 112 cm³/mol. The molecule has 0 fully saturated rings. The third-order valence-electron chi connectivity index (χ3n) is 4.79. The number of rotatable bonds is 5. The highest BCUT2D eigenvalue weighted by molar-refractivity contribution is 5.91. The summed E-state index contributed by atoms with van der Waals surface area (Å²) in [6.07, 6.45) is 0. The molecular formula is C22H18FN5O3. The van der Waals surface area contributed by atoms with Gasteiger partial charge in [0.05, 0.1) is 0 Å². The van der Waals surface area contributed by atoms with Crippen molar-refractivity contribution < 1.29 is 13.7 Å². The molecule has 31 heavy (non-hydrogen) atoms. The van der Waals surface area contributed by atoms with Crippen LogP contribution in [0.15, 0.2) is 63.9 Å². The van der Waals surface area contributed by atoms with E-state index in [0.717, 1.165) is 15.8 Å². The van der Waals surface area contributed by atoms with Crippen LogP contribution < -0.4 is 10.9 Å². The lowest BCUT2D eigenvalue weighted by Gasteiger charge is -2.11. The second kappa shape index (κ2) is 8.31. The average Bonchev–Trinajstić information content (AvgIpc) is 3.24. The van der Waals surface area contributed by atoms with Crippen LogP contribution in [-0.4, -0.2) is 25.8 Å². The van der Waals surface area contributed by atoms with E-state index in [2.05, 4.69) is 20.6 Å². The van der Waals surface area contributed by atoms with Crippen LogP contribution >= 0.6 is 0 Å². The van der Waals surface area contributed by atoms with Crippen molar-refractivity contribution in [2.45, 2.75) is 20.4 Å². The number of carbonyl (C=O) groups excluding carboxylic acids is 1. The lowest BCUT2D eigenvalue weighted by atomic mass is 10.1. The molecule has 9 heteroatoms. The van der Waals surface area contributed by atoms with E-state index in [1.807, 2.05) is 26.0 Å². The number of anilines is 1. The maximum Gasteiger partial charge on any atom is 0.278 e. The van der Waals surface area contributed by atoms with Crippen LogP contribution in [0.4, 0.5) is 10.1 Å². The zero-order valence-corrected chi connectivity index (χ0v) is 16.8. The van der Waals surface area contributed by atoms with E-state index >= 15 is 0 Å². The SMILES string of the molecule is Cc1cccc(NC(=O)Cn2nc(-c3nc(-c4ccc(F)cc4)no3)ccc2=O)c1C. The first kappa shape index (κ1) is 20.1. The molecule has 4 rings (SSSR count). The minimum absolute atomic E-state index is 0.0722. The topological polar surface area (TPSA) is 103 Å². The fourth-order valence-electron chi connectivity index (χ4n) is 2.93. The molecule has 0 atom stereocenters. The molecule has 156 valence electrons. The van der Waals surface area contributed by atoms with Crippen LogP contribution in [0.25, 0.3) is 23.0 Å². The van der Waals surface area contributed by atoms with E-state index in [-0.39, 0.29) is 29.8 Å². The monoisotopic (exact) mass is 419 g/mol. The Bertz CT molecular complexity index is 1310. The first-order valence-corrected chi connectivity index (χ1v) is 9.45. The second-order valence-corrected chi connectivity index (χ2v) is 6.94. The van der Waals surface area contributed by atoms with Crippen LogP contribution in [-0.2, 0) is 11.3 Å². The Morgan fingerprint density at radius 3 is 2.65 bits per heavy atom. The molecule has 4 aromatic rings. The van der Waals surface area contributed by atoms with E-state index in [4.69, 9.17) is 4.52 Å². The number of aryl methyl sites for hydroxylation is 1. The van der Waals surface area contributed by atoms with Crippen molar-refractivity contribution in [3.63, 3.8) is 0 Å². The predicted octanol–water partition coefficient (Wildman–Crippen LogP) is 3.35. The van der Waals surface area contributed by atoms with Crippen molar-refractivity contribution in [2.75, 3.05) is 5.32 Å². The number of hydrogen-bond donors (Lipinski definition) is 1. The third kappa shape index (κ3) is 4.40. The third-order valence-corrected chi connectivity index (χ3v) is 4.79. The summed E-state index contributed by atoms with van der Waals surface area (Å²) in [6.45, 7) is 3.58. The van der Waals surface area contributed by atoms with Gasteiger partial charge in [0.2, 0.25) is 11.7 Å². The summed E-state index contributed by atoms with van der Waals surface area (Å²) in [7, 11) is 0. The summed E-state index contributed by atoms with van der Waals surface area (Å²) in [5.74, 6) is -0.441. The Morgan fingerprint density at radius 1 is 1.10 bits per heavy atom. The quantitative estimate of drug-likeness (QED) is 0.532. The Balaban J connectivity index is 1.55. The summed E-state index contributed by atoms with van der Waals surface area (Å²) < 4.78 is 19.4. The smallest absolute Gasteiger partial charge is 0.278 e. The minimum Gasteiger partial charge on any atom is -0.332 e. The van der Waals surface area contributed by atoms with E-state index < -0.39 is 11.5 Å². The first-order valence-electron chi connectivity index (χ1n) is 9.45. The number of hydrogen-bond acceptors (Lipinski definition) is 6. The van der Waals surface area contributed by atoms with Gasteiger partial charge in [0.15, 0.2) is 0 Å². The van der Waals surface area contributed by atoms with Crippen LogP contribution in [0.1, 0.15) is 11.1 Å². The molecule has 1 N–H and O–H groups in total. The Kier molecular flexibility index (Phi) is 5.40. The fraction of sp³-hybridized carbons (Fsp3) is 0.136. The fourth-order valence-corrected chi connectivity index (χ4v) is 2.93. The lowest BCUT2D eigenvalue weighted by molar-refractivity contribution is -0.117. The molecule has 0 unspecified atom stereocenters. The molecule has 1 amide bonds. The molecular weight excluding hydrogens is 401 g/mol. The molecule has 0 aliphatic rings. The summed E-state index contributed by atoms with van der Waals surface area (Å²) >= 11 is 0. The number of amides is 1. The van der Waals surface area contributed by atoms with Crippen molar-refractivity contribution in [3.8, 4) is 23.0 Å². The van der Waals surface area contributed by atoms with Crippen LogP contribution in [0.2, 0.25) is 0 Å². The largest absolute Gasteiger partial charge is 0.332 e. The molecule has 0 spiro atoms. The first-order chi connectivity index (χ1) is 14.9. The zero-order chi connectivity index (χ0) is 22.0. The highest BCUT2D eigenvalue weighted by atomic mass is 19.1. The van der Waals surface area contributed by atoms with Gasteiger partial charge in [0, 0.05) is 17.3 Å². The Morgan fingerprint density at radius 2 is 1.87 bits per heavy atom. The van der Waals surface area contributed by atoms with Gasteiger partial charge in [-0.25, -0.2) is 9.07 Å². The van der Waals surface area contributed by atoms with Gasteiger partial charge in [-0.3, -0.25) is 9.59 Å². The average molecular weight is 419 g/mol. The van der Waals surface area contributed by atoms with Gasteiger partial charge >= 0.3 is 0 Å². The number of carbonyl (C=O) groups is 1. The normalized spacial score (nSPS) is 10.8. The molecule has 0 saturated heterocycles. The number of nitrogens with one attached hydrogen (secondary N) is 1. The lowest BCUT2D eigenvalue weighted by Crippen LogP contribution is -2.29. The van der Waals surface area contributed by atoms with Gasteiger partial charge in [-0.05, 0) is 61.4 Å².